The van der Waals surface area contributed by atoms with E-state index in [9.17, 15) is 9.59 Å². The molecular weight excluding hydrogens is 428 g/mol. The van der Waals surface area contributed by atoms with Crippen LogP contribution in [-0.2, 0) is 9.47 Å². The first kappa shape index (κ1) is 21.9. The average Bonchev–Trinajstić information content (AvgIpc) is 2.67. The van der Waals surface area contributed by atoms with Crippen molar-refractivity contribution in [1.82, 2.24) is 0 Å². The Morgan fingerprint density at radius 1 is 1.00 bits per heavy atom. The summed E-state index contributed by atoms with van der Waals surface area (Å²) in [5.41, 5.74) is 0.678. The van der Waals surface area contributed by atoms with Crippen molar-refractivity contribution >= 4 is 27.9 Å². The summed E-state index contributed by atoms with van der Waals surface area (Å²) in [5.74, 6) is 0.0824. The number of hydrogen-bond acceptors (Lipinski definition) is 6. The normalized spacial score (nSPS) is 10.6. The highest BCUT2D eigenvalue weighted by Crippen LogP contribution is 2.25. The monoisotopic (exact) mass is 450 g/mol. The number of benzene rings is 2. The van der Waals surface area contributed by atoms with Gasteiger partial charge in [-0.15, -0.1) is 0 Å². The summed E-state index contributed by atoms with van der Waals surface area (Å²) < 4.78 is 21.8. The lowest BCUT2D eigenvalue weighted by molar-refractivity contribution is 0.0388. The maximum atomic E-state index is 12.6. The number of hydrogen-bond donors (Lipinski definition) is 0. The van der Waals surface area contributed by atoms with E-state index < -0.39 is 11.9 Å². The van der Waals surface area contributed by atoms with Crippen molar-refractivity contribution in [2.24, 2.45) is 5.92 Å². The van der Waals surface area contributed by atoms with Crippen LogP contribution in [0.4, 0.5) is 0 Å². The number of methoxy groups -OCH3 is 1. The minimum atomic E-state index is -0.546. The molecule has 0 aliphatic heterocycles. The Morgan fingerprint density at radius 2 is 1.71 bits per heavy atom. The predicted molar refractivity (Wildman–Crippen MR) is 108 cm³/mol. The Hall–Kier alpha value is -2.38. The zero-order valence-electron chi connectivity index (χ0n) is 16.1. The molecule has 0 aliphatic rings. The largest absolute Gasteiger partial charge is 0.492 e. The van der Waals surface area contributed by atoms with E-state index in [2.05, 4.69) is 15.9 Å². The summed E-state index contributed by atoms with van der Waals surface area (Å²) in [4.78, 5) is 24.5. The standard InChI is InChI=1S/C21H23BrO6/c1-14(2)13-27-19-9-6-16(22)12-18(19)21(24)28-17-7-4-15(5-8-17)20(23)26-11-10-25-3/h4-9,12,14H,10-11,13H2,1-3H3. The van der Waals surface area contributed by atoms with Gasteiger partial charge in [0.1, 0.15) is 23.7 Å². The fraction of sp³-hybridized carbons (Fsp3) is 0.333. The molecule has 0 N–H and O–H groups in total. The molecule has 0 heterocycles. The van der Waals surface area contributed by atoms with Gasteiger partial charge in [-0.05, 0) is 48.4 Å². The summed E-state index contributed by atoms with van der Waals surface area (Å²) >= 11 is 3.36. The van der Waals surface area contributed by atoms with Crippen LogP contribution in [0.3, 0.4) is 0 Å². The molecule has 0 aliphatic carbocycles. The predicted octanol–water partition coefficient (Wildman–Crippen LogP) is 4.51. The van der Waals surface area contributed by atoms with Gasteiger partial charge in [0.2, 0.25) is 0 Å². The van der Waals surface area contributed by atoms with Crippen LogP contribution in [-0.4, -0.2) is 38.9 Å². The maximum Gasteiger partial charge on any atom is 0.347 e. The second-order valence-electron chi connectivity index (χ2n) is 6.39. The van der Waals surface area contributed by atoms with Gasteiger partial charge in [-0.1, -0.05) is 29.8 Å². The smallest absolute Gasteiger partial charge is 0.347 e. The molecule has 2 aromatic rings. The minimum Gasteiger partial charge on any atom is -0.492 e. The maximum absolute atomic E-state index is 12.6. The summed E-state index contributed by atoms with van der Waals surface area (Å²) in [5, 5.41) is 0. The van der Waals surface area contributed by atoms with Gasteiger partial charge >= 0.3 is 11.9 Å². The number of rotatable bonds is 9. The van der Waals surface area contributed by atoms with Gasteiger partial charge < -0.3 is 18.9 Å². The SMILES string of the molecule is COCCOC(=O)c1ccc(OC(=O)c2cc(Br)ccc2OCC(C)C)cc1. The van der Waals surface area contributed by atoms with E-state index in [1.165, 1.54) is 31.4 Å². The molecule has 28 heavy (non-hydrogen) atoms. The number of halogens is 1. The zero-order chi connectivity index (χ0) is 20.5. The quantitative estimate of drug-likeness (QED) is 0.318. The highest BCUT2D eigenvalue weighted by atomic mass is 79.9. The Morgan fingerprint density at radius 3 is 2.36 bits per heavy atom. The molecule has 0 amide bonds. The molecule has 0 unspecified atom stereocenters. The van der Waals surface area contributed by atoms with Crippen LogP contribution in [0, 0.1) is 5.92 Å². The van der Waals surface area contributed by atoms with Crippen molar-refractivity contribution in [3.8, 4) is 11.5 Å². The molecule has 0 saturated heterocycles. The van der Waals surface area contributed by atoms with E-state index in [1.54, 1.807) is 18.2 Å². The highest BCUT2D eigenvalue weighted by molar-refractivity contribution is 9.10. The average molecular weight is 451 g/mol. The molecule has 6 nitrogen and oxygen atoms in total. The van der Waals surface area contributed by atoms with E-state index in [0.717, 1.165) is 4.47 Å². The Labute approximate surface area is 172 Å². The molecule has 0 radical (unpaired) electrons. The summed E-state index contributed by atoms with van der Waals surface area (Å²) in [6.45, 7) is 5.04. The Balaban J connectivity index is 2.06. The lowest BCUT2D eigenvalue weighted by Gasteiger charge is -2.13. The van der Waals surface area contributed by atoms with Crippen molar-refractivity contribution < 1.29 is 28.5 Å². The number of ether oxygens (including phenoxy) is 4. The van der Waals surface area contributed by atoms with E-state index in [4.69, 9.17) is 18.9 Å². The third kappa shape index (κ3) is 6.65. The molecule has 2 rings (SSSR count). The van der Waals surface area contributed by atoms with Crippen molar-refractivity contribution in [3.05, 3.63) is 58.1 Å². The molecule has 2 aromatic carbocycles. The van der Waals surface area contributed by atoms with Crippen molar-refractivity contribution in [3.63, 3.8) is 0 Å². The molecule has 0 aromatic heterocycles. The van der Waals surface area contributed by atoms with Crippen LogP contribution in [0.2, 0.25) is 0 Å². The summed E-state index contributed by atoms with van der Waals surface area (Å²) in [6, 6.07) is 11.3. The van der Waals surface area contributed by atoms with Gasteiger partial charge in [0.05, 0.1) is 18.8 Å². The zero-order valence-corrected chi connectivity index (χ0v) is 17.7. The van der Waals surface area contributed by atoms with Crippen LogP contribution in [0.25, 0.3) is 0 Å². The third-order valence-corrected chi connectivity index (χ3v) is 4.05. The molecular formula is C21H23BrO6. The molecule has 0 spiro atoms. The Bertz CT molecular complexity index is 801. The number of esters is 2. The lowest BCUT2D eigenvalue weighted by Crippen LogP contribution is -2.13. The van der Waals surface area contributed by atoms with Gasteiger partial charge in [-0.2, -0.15) is 0 Å². The van der Waals surface area contributed by atoms with Crippen LogP contribution >= 0.6 is 15.9 Å². The van der Waals surface area contributed by atoms with Gasteiger partial charge in [0, 0.05) is 11.6 Å². The van der Waals surface area contributed by atoms with Crippen LogP contribution in [0.15, 0.2) is 46.9 Å². The number of carbonyl (C=O) groups excluding carboxylic acids is 2. The molecule has 0 saturated carbocycles. The first-order valence-electron chi connectivity index (χ1n) is 8.81. The first-order valence-corrected chi connectivity index (χ1v) is 9.60. The fourth-order valence-corrected chi connectivity index (χ4v) is 2.53. The topological polar surface area (TPSA) is 71.1 Å². The first-order chi connectivity index (χ1) is 13.4. The van der Waals surface area contributed by atoms with Crippen molar-refractivity contribution in [2.45, 2.75) is 13.8 Å². The number of carbonyl (C=O) groups is 2. The van der Waals surface area contributed by atoms with Crippen molar-refractivity contribution in [2.75, 3.05) is 26.9 Å². The second-order valence-corrected chi connectivity index (χ2v) is 7.30. The molecule has 7 heteroatoms. The van der Waals surface area contributed by atoms with Crippen molar-refractivity contribution in [1.29, 1.82) is 0 Å². The Kier molecular flexibility index (Phi) is 8.47. The fourth-order valence-electron chi connectivity index (χ4n) is 2.17. The van der Waals surface area contributed by atoms with E-state index in [-0.39, 0.29) is 6.61 Å². The van der Waals surface area contributed by atoms with Crippen LogP contribution in [0.1, 0.15) is 34.6 Å². The molecule has 0 fully saturated rings. The van der Waals surface area contributed by atoms with E-state index in [1.807, 2.05) is 13.8 Å². The van der Waals surface area contributed by atoms with E-state index in [0.29, 0.717) is 41.8 Å². The lowest BCUT2D eigenvalue weighted by atomic mass is 10.2. The molecule has 0 bridgehead atoms. The summed E-state index contributed by atoms with van der Waals surface area (Å²) in [7, 11) is 1.53. The third-order valence-electron chi connectivity index (χ3n) is 3.55. The van der Waals surface area contributed by atoms with Gasteiger partial charge in [-0.3, -0.25) is 0 Å². The van der Waals surface area contributed by atoms with Crippen LogP contribution in [0.5, 0.6) is 11.5 Å². The molecule has 0 atom stereocenters. The summed E-state index contributed by atoms with van der Waals surface area (Å²) in [6.07, 6.45) is 0. The van der Waals surface area contributed by atoms with Gasteiger partial charge in [-0.25, -0.2) is 9.59 Å². The highest BCUT2D eigenvalue weighted by Gasteiger charge is 2.17. The van der Waals surface area contributed by atoms with Gasteiger partial charge in [0.25, 0.3) is 0 Å². The van der Waals surface area contributed by atoms with Gasteiger partial charge in [0.15, 0.2) is 0 Å². The second kappa shape index (κ2) is 10.8. The minimum absolute atomic E-state index is 0.175. The molecule has 150 valence electrons. The van der Waals surface area contributed by atoms with E-state index >= 15 is 0 Å². The van der Waals surface area contributed by atoms with Crippen LogP contribution < -0.4 is 9.47 Å².